The topological polar surface area (TPSA) is 92.0 Å². The molecule has 0 saturated carbocycles. The first kappa shape index (κ1) is 22.7. The molecule has 1 rings (SSSR count). The normalized spacial score (nSPS) is 16.6. The van der Waals surface area contributed by atoms with Crippen molar-refractivity contribution in [3.63, 3.8) is 0 Å². The zero-order valence-electron chi connectivity index (χ0n) is 16.8. The van der Waals surface area contributed by atoms with Crippen LogP contribution in [0.25, 0.3) is 0 Å². The predicted molar refractivity (Wildman–Crippen MR) is 107 cm³/mol. The average molecular weight is 370 g/mol. The lowest BCUT2D eigenvalue weighted by molar-refractivity contribution is -0.123. The lowest BCUT2D eigenvalue weighted by atomic mass is 9.96. The largest absolute Gasteiger partial charge is 0.381 e. The molecule has 1 amide bonds. The van der Waals surface area contributed by atoms with Crippen LogP contribution in [-0.2, 0) is 9.53 Å². The third-order valence-electron chi connectivity index (χ3n) is 4.81. The van der Waals surface area contributed by atoms with E-state index in [1.165, 1.54) is 6.42 Å². The molecule has 7 heteroatoms. The minimum atomic E-state index is -0.139. The molecule has 7 nitrogen and oxygen atoms in total. The minimum Gasteiger partial charge on any atom is -0.381 e. The van der Waals surface area contributed by atoms with Crippen LogP contribution in [0.1, 0.15) is 51.9 Å². The molecule has 1 aliphatic heterocycles. The van der Waals surface area contributed by atoms with Crippen LogP contribution in [0.15, 0.2) is 4.99 Å². The second kappa shape index (κ2) is 14.8. The fourth-order valence-electron chi connectivity index (χ4n) is 3.06. The summed E-state index contributed by atoms with van der Waals surface area (Å²) in [5.41, 5.74) is 5.37. The molecule has 0 aromatic rings. The number of primary amides is 1. The number of unbranched alkanes of at least 4 members (excludes halogenated alkanes) is 2. The lowest BCUT2D eigenvalue weighted by Crippen LogP contribution is -2.40. The highest BCUT2D eigenvalue weighted by atomic mass is 16.5. The number of guanidine groups is 1. The molecule has 0 aromatic carbocycles. The third-order valence-corrected chi connectivity index (χ3v) is 4.81. The first-order chi connectivity index (χ1) is 12.7. The molecule has 152 valence electrons. The Bertz CT molecular complexity index is 395. The van der Waals surface area contributed by atoms with Gasteiger partial charge in [0.15, 0.2) is 5.96 Å². The number of ether oxygens (including phenoxy) is 1. The van der Waals surface area contributed by atoms with Crippen LogP contribution < -0.4 is 16.4 Å². The maximum atomic E-state index is 11.2. The van der Waals surface area contributed by atoms with Gasteiger partial charge in [-0.1, -0.05) is 13.3 Å². The SMILES string of the molecule is CCCCOCCCNC(=NC)NCCCCN1CCC(C(N)=O)CC1. The Labute approximate surface area is 159 Å². The van der Waals surface area contributed by atoms with Gasteiger partial charge in [-0.3, -0.25) is 9.79 Å². The van der Waals surface area contributed by atoms with Crippen LogP contribution in [0.3, 0.4) is 0 Å². The van der Waals surface area contributed by atoms with Gasteiger partial charge in [0.1, 0.15) is 0 Å². The Kier molecular flexibility index (Phi) is 12.9. The van der Waals surface area contributed by atoms with Crippen molar-refractivity contribution in [2.24, 2.45) is 16.6 Å². The molecular weight excluding hydrogens is 330 g/mol. The maximum absolute atomic E-state index is 11.2. The van der Waals surface area contributed by atoms with E-state index < -0.39 is 0 Å². The van der Waals surface area contributed by atoms with Gasteiger partial charge in [-0.2, -0.15) is 0 Å². The summed E-state index contributed by atoms with van der Waals surface area (Å²) < 4.78 is 5.55. The number of hydrogen-bond acceptors (Lipinski definition) is 4. The van der Waals surface area contributed by atoms with Crippen molar-refractivity contribution in [3.8, 4) is 0 Å². The van der Waals surface area contributed by atoms with Crippen molar-refractivity contribution < 1.29 is 9.53 Å². The quantitative estimate of drug-likeness (QED) is 0.259. The lowest BCUT2D eigenvalue weighted by Gasteiger charge is -2.30. The molecule has 4 N–H and O–H groups in total. The summed E-state index contributed by atoms with van der Waals surface area (Å²) in [5, 5.41) is 6.68. The number of nitrogens with two attached hydrogens (primary N) is 1. The van der Waals surface area contributed by atoms with E-state index in [4.69, 9.17) is 10.5 Å². The van der Waals surface area contributed by atoms with Crippen LogP contribution >= 0.6 is 0 Å². The Morgan fingerprint density at radius 3 is 2.38 bits per heavy atom. The molecule has 0 bridgehead atoms. The number of rotatable bonds is 13. The predicted octanol–water partition coefficient (Wildman–Crippen LogP) is 1.34. The van der Waals surface area contributed by atoms with Crippen LogP contribution in [0, 0.1) is 5.92 Å². The highest BCUT2D eigenvalue weighted by Gasteiger charge is 2.22. The van der Waals surface area contributed by atoms with E-state index in [-0.39, 0.29) is 11.8 Å². The molecule has 1 fully saturated rings. The first-order valence-corrected chi connectivity index (χ1v) is 10.2. The van der Waals surface area contributed by atoms with Gasteiger partial charge in [0.2, 0.25) is 5.91 Å². The number of nitrogens with one attached hydrogen (secondary N) is 2. The molecule has 0 aliphatic carbocycles. The van der Waals surface area contributed by atoms with Gasteiger partial charge in [0.05, 0.1) is 0 Å². The summed E-state index contributed by atoms with van der Waals surface area (Å²) in [7, 11) is 1.80. The van der Waals surface area contributed by atoms with Gasteiger partial charge in [0.25, 0.3) is 0 Å². The monoisotopic (exact) mass is 369 g/mol. The van der Waals surface area contributed by atoms with E-state index in [0.717, 1.165) is 90.4 Å². The highest BCUT2D eigenvalue weighted by molar-refractivity contribution is 5.79. The second-order valence-electron chi connectivity index (χ2n) is 6.97. The highest BCUT2D eigenvalue weighted by Crippen LogP contribution is 2.16. The van der Waals surface area contributed by atoms with Crippen molar-refractivity contribution in [1.29, 1.82) is 0 Å². The number of piperidine rings is 1. The molecule has 0 radical (unpaired) electrons. The summed E-state index contributed by atoms with van der Waals surface area (Å²) in [6, 6.07) is 0. The van der Waals surface area contributed by atoms with Crippen molar-refractivity contribution in [2.45, 2.75) is 51.9 Å². The summed E-state index contributed by atoms with van der Waals surface area (Å²) in [6.45, 7) is 8.71. The van der Waals surface area contributed by atoms with E-state index >= 15 is 0 Å². The smallest absolute Gasteiger partial charge is 0.220 e. The number of aliphatic imine (C=N–C) groups is 1. The molecule has 0 unspecified atom stereocenters. The summed E-state index contributed by atoms with van der Waals surface area (Å²) in [6.07, 6.45) is 7.39. The molecule has 1 saturated heterocycles. The van der Waals surface area contributed by atoms with Crippen molar-refractivity contribution in [1.82, 2.24) is 15.5 Å². The van der Waals surface area contributed by atoms with Crippen LogP contribution in [-0.4, -0.2) is 69.8 Å². The van der Waals surface area contributed by atoms with Crippen LogP contribution in [0.4, 0.5) is 0 Å². The number of carbonyl (C=O) groups excluding carboxylic acids is 1. The standard InChI is InChI=1S/C19H39N5O2/c1-3-4-15-26-16-7-11-23-19(21-2)22-10-5-6-12-24-13-8-17(9-14-24)18(20)25/h17H,3-16H2,1-2H3,(H2,20,25)(H2,21,22,23). The zero-order chi connectivity index (χ0) is 19.0. The van der Waals surface area contributed by atoms with Gasteiger partial charge in [0, 0.05) is 39.3 Å². The van der Waals surface area contributed by atoms with Gasteiger partial charge in [-0.15, -0.1) is 0 Å². The number of likely N-dealkylation sites (tertiary alicyclic amines) is 1. The van der Waals surface area contributed by atoms with E-state index in [2.05, 4.69) is 27.4 Å². The first-order valence-electron chi connectivity index (χ1n) is 10.2. The van der Waals surface area contributed by atoms with Crippen molar-refractivity contribution in [3.05, 3.63) is 0 Å². The fraction of sp³-hybridized carbons (Fsp3) is 0.895. The molecule has 26 heavy (non-hydrogen) atoms. The minimum absolute atomic E-state index is 0.0827. The summed E-state index contributed by atoms with van der Waals surface area (Å²) in [4.78, 5) is 17.9. The average Bonchev–Trinajstić information content (AvgIpc) is 2.65. The Morgan fingerprint density at radius 2 is 1.77 bits per heavy atom. The Hall–Kier alpha value is -1.34. The third kappa shape index (κ3) is 10.6. The van der Waals surface area contributed by atoms with Gasteiger partial charge >= 0.3 is 0 Å². The van der Waals surface area contributed by atoms with E-state index in [1.807, 2.05) is 0 Å². The number of carbonyl (C=O) groups is 1. The Balaban J connectivity index is 1.96. The molecule has 0 aromatic heterocycles. The van der Waals surface area contributed by atoms with E-state index in [1.54, 1.807) is 7.05 Å². The van der Waals surface area contributed by atoms with Crippen LogP contribution in [0.5, 0.6) is 0 Å². The Morgan fingerprint density at radius 1 is 1.12 bits per heavy atom. The number of hydrogen-bond donors (Lipinski definition) is 3. The zero-order valence-corrected chi connectivity index (χ0v) is 16.8. The number of amides is 1. The number of nitrogens with zero attached hydrogens (tertiary/aromatic N) is 2. The molecule has 1 aliphatic rings. The molecular formula is C19H39N5O2. The molecule has 0 atom stereocenters. The second-order valence-corrected chi connectivity index (χ2v) is 6.97. The van der Waals surface area contributed by atoms with Crippen molar-refractivity contribution in [2.75, 3.05) is 53.0 Å². The molecule has 1 heterocycles. The fourth-order valence-corrected chi connectivity index (χ4v) is 3.06. The summed E-state index contributed by atoms with van der Waals surface area (Å²) >= 11 is 0. The summed E-state index contributed by atoms with van der Waals surface area (Å²) in [5.74, 6) is 0.806. The molecule has 0 spiro atoms. The van der Waals surface area contributed by atoms with E-state index in [9.17, 15) is 4.79 Å². The van der Waals surface area contributed by atoms with Gasteiger partial charge in [-0.25, -0.2) is 0 Å². The maximum Gasteiger partial charge on any atom is 0.220 e. The van der Waals surface area contributed by atoms with Crippen molar-refractivity contribution >= 4 is 11.9 Å². The van der Waals surface area contributed by atoms with Crippen LogP contribution in [0.2, 0.25) is 0 Å². The van der Waals surface area contributed by atoms with Gasteiger partial charge < -0.3 is 26.0 Å². The van der Waals surface area contributed by atoms with Gasteiger partial charge in [-0.05, 0) is 58.2 Å². The van der Waals surface area contributed by atoms with E-state index in [0.29, 0.717) is 0 Å².